The number of ether oxygens (including phenoxy) is 7. The van der Waals surface area contributed by atoms with Gasteiger partial charge in [0, 0.05) is 34.6 Å². The molecule has 0 aromatic carbocycles. The van der Waals surface area contributed by atoms with Gasteiger partial charge in [-0.25, -0.2) is 28.5 Å². The van der Waals surface area contributed by atoms with E-state index in [4.69, 9.17) is 43.4 Å². The average molecular weight is 832 g/mol. The minimum absolute atomic E-state index is 0.0346. The van der Waals surface area contributed by atoms with Crippen LogP contribution in [0, 0.1) is 0 Å². The van der Waals surface area contributed by atoms with Crippen LogP contribution in [0.3, 0.4) is 0 Å². The maximum Gasteiger partial charge on any atom is 0.483 e. The lowest BCUT2D eigenvalue weighted by Crippen LogP contribution is -2.65. The lowest BCUT2D eigenvalue weighted by Gasteiger charge is -2.45. The lowest BCUT2D eigenvalue weighted by atomic mass is 9.94. The van der Waals surface area contributed by atoms with Crippen LogP contribution in [0.25, 0.3) is 11.2 Å². The Morgan fingerprint density at radius 3 is 2.11 bits per heavy atom. The van der Waals surface area contributed by atoms with Crippen molar-refractivity contribution in [1.29, 1.82) is 0 Å². The number of nitrogens with two attached hydrogens (primary N) is 1. The molecule has 5 N–H and O–H groups in total. The number of aromatic nitrogens is 4. The summed E-state index contributed by atoms with van der Waals surface area (Å²) in [7, 11) is -11.7. The van der Waals surface area contributed by atoms with E-state index >= 15 is 4.39 Å². The number of alkyl halides is 1. The number of phosphoric acid groups is 2. The Hall–Kier alpha value is -4.23. The fourth-order valence-electron chi connectivity index (χ4n) is 5.40. The van der Waals surface area contributed by atoms with E-state index in [1.54, 1.807) is 0 Å². The van der Waals surface area contributed by atoms with Crippen LogP contribution in [0.1, 0.15) is 40.8 Å². The molecule has 0 bridgehead atoms. The van der Waals surface area contributed by atoms with Crippen molar-refractivity contribution in [3.05, 3.63) is 12.7 Å². The molecule has 2 saturated heterocycles. The lowest BCUT2D eigenvalue weighted by molar-refractivity contribution is -0.301. The van der Waals surface area contributed by atoms with E-state index < -0.39 is 120 Å². The number of anilines is 1. The van der Waals surface area contributed by atoms with E-state index in [-0.39, 0.29) is 17.0 Å². The largest absolute Gasteiger partial charge is 0.483 e. The number of nitrogens with zero attached hydrogens (tertiary/aromatic N) is 4. The SMILES string of the molecule is CC(=O)OC[C@@H](OC(C)=O)C1O[C@@H](OP(=O)(O)OP(=O)(O)OC[C@H]2O[C@@H](n3cnc4c(N)ncnc43)[C@@H](O)C2F)C(OC(C)=O)[C@@H](OC(C)=O)[C@@H]1OC(C)=O. The number of hydrogen-bond acceptors (Lipinski definition) is 22. The first-order valence-electron chi connectivity index (χ1n) is 15.7. The van der Waals surface area contributed by atoms with Crippen LogP contribution >= 0.6 is 15.6 Å². The zero-order valence-corrected chi connectivity index (χ0v) is 31.1. The van der Waals surface area contributed by atoms with Crippen molar-refractivity contribution in [3.63, 3.8) is 0 Å². The van der Waals surface area contributed by atoms with Gasteiger partial charge in [-0.15, -0.1) is 0 Å². The Bertz CT molecular complexity index is 1870. The van der Waals surface area contributed by atoms with Gasteiger partial charge in [0.2, 0.25) is 6.29 Å². The molecule has 0 amide bonds. The number of phosphoric ester groups is 2. The monoisotopic (exact) mass is 831 g/mol. The predicted molar refractivity (Wildman–Crippen MR) is 170 cm³/mol. The maximum absolute atomic E-state index is 15.1. The Morgan fingerprint density at radius 1 is 0.891 bits per heavy atom. The topological polar surface area (TPSA) is 342 Å². The molecule has 0 aliphatic carbocycles. The summed E-state index contributed by atoms with van der Waals surface area (Å²) < 4.78 is 93.0. The number of hydrogen-bond donors (Lipinski definition) is 4. The van der Waals surface area contributed by atoms with Gasteiger partial charge in [-0.2, -0.15) is 4.31 Å². The number of aliphatic hydroxyl groups is 1. The van der Waals surface area contributed by atoms with Crippen molar-refractivity contribution in [2.45, 2.75) is 96.0 Å². The molecule has 0 spiro atoms. The fraction of sp³-hybridized carbons (Fsp3) is 0.630. The zero-order chi connectivity index (χ0) is 41.0. The molecule has 2 aliphatic rings. The molecule has 0 radical (unpaired) electrons. The standard InChI is InChI=1S/C27H36FN5O20P2/c1-10(34)44-6-16(46-11(2)35)20-21(47-12(3)36)22(48-13(4)37)23(49-14(5)38)27(51-20)52-55(42,43)53-54(40,41)45-7-15-17(28)19(39)26(50-15)33-9-32-18-24(29)30-8-31-25(18)33/h8-9,15-17,19-23,26-27,39H,6-7H2,1-5H3,(H,40,41)(H,42,43)(H2,29,30,31)/t15-,16-,17?,19+,20?,21-,22+,23?,26-,27+/m1/s1. The van der Waals surface area contributed by atoms with Crippen LogP contribution < -0.4 is 5.73 Å². The highest BCUT2D eigenvalue weighted by Crippen LogP contribution is 2.62. The summed E-state index contributed by atoms with van der Waals surface area (Å²) in [5.41, 5.74) is 5.88. The van der Waals surface area contributed by atoms with E-state index in [2.05, 4.69) is 23.8 Å². The number of esters is 5. The van der Waals surface area contributed by atoms with E-state index in [0.29, 0.717) is 0 Å². The highest BCUT2D eigenvalue weighted by atomic mass is 31.3. The second-order valence-electron chi connectivity index (χ2n) is 11.6. The summed E-state index contributed by atoms with van der Waals surface area (Å²) in [6, 6.07) is 0. The van der Waals surface area contributed by atoms with Gasteiger partial charge in [0.25, 0.3) is 0 Å². The molecule has 306 valence electrons. The Morgan fingerprint density at radius 2 is 1.51 bits per heavy atom. The number of nitrogen functional groups attached to an aromatic ring is 1. The van der Waals surface area contributed by atoms with Crippen molar-refractivity contribution in [1.82, 2.24) is 19.5 Å². The molecule has 4 heterocycles. The number of carbonyl (C=O) groups excluding carboxylic acids is 5. The van der Waals surface area contributed by atoms with Gasteiger partial charge in [0.15, 0.2) is 48.3 Å². The first kappa shape index (κ1) is 43.5. The smallest absolute Gasteiger partial charge is 0.462 e. The molecule has 0 saturated carbocycles. The first-order valence-corrected chi connectivity index (χ1v) is 18.7. The molecule has 2 fully saturated rings. The zero-order valence-electron chi connectivity index (χ0n) is 29.3. The van der Waals surface area contributed by atoms with Gasteiger partial charge in [-0.05, 0) is 0 Å². The molecular weight excluding hydrogens is 795 g/mol. The number of fused-ring (bicyclic) bond motifs is 1. The summed E-state index contributed by atoms with van der Waals surface area (Å²) in [4.78, 5) is 92.7. The Kier molecular flexibility index (Phi) is 14.0. The third kappa shape index (κ3) is 11.2. The summed E-state index contributed by atoms with van der Waals surface area (Å²) in [5.74, 6) is -5.26. The van der Waals surface area contributed by atoms with Crippen LogP contribution in [0.15, 0.2) is 12.7 Å². The molecule has 25 nitrogen and oxygen atoms in total. The van der Waals surface area contributed by atoms with E-state index in [1.165, 1.54) is 0 Å². The summed E-state index contributed by atoms with van der Waals surface area (Å²) in [5, 5.41) is 10.5. The van der Waals surface area contributed by atoms with Crippen LogP contribution in [0.2, 0.25) is 0 Å². The van der Waals surface area contributed by atoms with Crippen molar-refractivity contribution < 1.29 is 98.9 Å². The molecule has 55 heavy (non-hydrogen) atoms. The van der Waals surface area contributed by atoms with Crippen molar-refractivity contribution in [3.8, 4) is 0 Å². The number of aliphatic hydroxyl groups excluding tert-OH is 1. The minimum atomic E-state index is -5.98. The van der Waals surface area contributed by atoms with Gasteiger partial charge in [-0.1, -0.05) is 0 Å². The van der Waals surface area contributed by atoms with Crippen molar-refractivity contribution >= 4 is 62.5 Å². The van der Waals surface area contributed by atoms with Crippen LogP contribution in [-0.4, -0.2) is 133 Å². The van der Waals surface area contributed by atoms with Crippen LogP contribution in [0.4, 0.5) is 10.2 Å². The van der Waals surface area contributed by atoms with Gasteiger partial charge in [0.05, 0.1) is 12.9 Å². The molecule has 2 aromatic rings. The molecule has 2 aliphatic heterocycles. The number of imidazole rings is 1. The van der Waals surface area contributed by atoms with Gasteiger partial charge >= 0.3 is 45.5 Å². The first-order chi connectivity index (χ1) is 25.6. The third-order valence-electron chi connectivity index (χ3n) is 7.37. The molecule has 5 unspecified atom stereocenters. The average Bonchev–Trinajstić information content (AvgIpc) is 3.60. The molecule has 4 rings (SSSR count). The summed E-state index contributed by atoms with van der Waals surface area (Å²) in [6.07, 6.45) is -17.4. The molecule has 12 atom stereocenters. The second kappa shape index (κ2) is 17.7. The predicted octanol–water partition coefficient (Wildman–Crippen LogP) is -0.730. The van der Waals surface area contributed by atoms with Crippen molar-refractivity contribution in [2.75, 3.05) is 18.9 Å². The normalized spacial score (nSPS) is 29.3. The summed E-state index contributed by atoms with van der Waals surface area (Å²) >= 11 is 0. The number of rotatable bonds is 15. The number of halogens is 1. The van der Waals surface area contributed by atoms with Crippen LogP contribution in [0.5, 0.6) is 0 Å². The van der Waals surface area contributed by atoms with Crippen LogP contribution in [-0.2, 0) is 79.6 Å². The van der Waals surface area contributed by atoms with E-state index in [1.807, 2.05) is 0 Å². The number of carbonyl (C=O) groups is 5. The maximum atomic E-state index is 15.1. The van der Waals surface area contributed by atoms with Gasteiger partial charge < -0.3 is 53.8 Å². The highest BCUT2D eigenvalue weighted by Gasteiger charge is 2.57. The Balaban J connectivity index is 1.57. The molecule has 2 aromatic heterocycles. The second-order valence-corrected chi connectivity index (χ2v) is 14.6. The van der Waals surface area contributed by atoms with Gasteiger partial charge in [-0.3, -0.25) is 37.6 Å². The van der Waals surface area contributed by atoms with Gasteiger partial charge in [0.1, 0.15) is 36.8 Å². The Labute approximate surface area is 308 Å². The van der Waals surface area contributed by atoms with E-state index in [9.17, 15) is 48.0 Å². The molecular formula is C27H36FN5O20P2. The quantitative estimate of drug-likeness (QED) is 0.0976. The third-order valence-corrected chi connectivity index (χ3v) is 9.97. The van der Waals surface area contributed by atoms with Crippen molar-refractivity contribution in [2.24, 2.45) is 0 Å². The summed E-state index contributed by atoms with van der Waals surface area (Å²) in [6.45, 7) is 2.53. The minimum Gasteiger partial charge on any atom is -0.462 e. The fourth-order valence-corrected chi connectivity index (χ4v) is 7.55. The molecule has 28 heteroatoms. The van der Waals surface area contributed by atoms with E-state index in [0.717, 1.165) is 51.8 Å². The highest BCUT2D eigenvalue weighted by molar-refractivity contribution is 7.61.